The Kier molecular flexibility index (Phi) is 4.60. The molecule has 7 heteroatoms. The molecule has 5 rings (SSSR count). The molecule has 2 amide bonds. The number of aromatic nitrogens is 1. The highest BCUT2D eigenvalue weighted by molar-refractivity contribution is 5.99. The van der Waals surface area contributed by atoms with Crippen LogP contribution in [-0.2, 0) is 6.54 Å². The molecule has 0 N–H and O–H groups in total. The summed E-state index contributed by atoms with van der Waals surface area (Å²) in [5, 5.41) is 0. The first-order valence-electron chi connectivity index (χ1n) is 10.6. The zero-order valence-electron chi connectivity index (χ0n) is 17.4. The topological polar surface area (TPSA) is 66.0 Å². The molecule has 0 spiro atoms. The Balaban J connectivity index is 1.44. The van der Waals surface area contributed by atoms with Gasteiger partial charge in [-0.2, -0.15) is 0 Å². The Morgan fingerprint density at radius 1 is 1.20 bits per heavy atom. The average molecular weight is 406 g/mol. The number of rotatable bonds is 2. The maximum Gasteiger partial charge on any atom is 0.255 e. The van der Waals surface area contributed by atoms with Crippen LogP contribution in [0.1, 0.15) is 52.5 Å². The van der Waals surface area contributed by atoms with Crippen molar-refractivity contribution in [2.75, 3.05) is 31.6 Å². The molecule has 1 fully saturated rings. The highest BCUT2D eigenvalue weighted by Crippen LogP contribution is 2.37. The molecule has 0 aliphatic carbocycles. The van der Waals surface area contributed by atoms with Crippen LogP contribution in [0, 0.1) is 0 Å². The number of nitrogens with zero attached hydrogens (tertiary/aromatic N) is 4. The van der Waals surface area contributed by atoms with E-state index >= 15 is 0 Å². The SMILES string of the molecule is C[C@H]1CCCCN1C(=O)c1cnc2c(c1)OCCN2c1ccc2c(c1)CN(C)C2=O. The number of hydrogen-bond acceptors (Lipinski definition) is 5. The number of pyridine rings is 1. The quantitative estimate of drug-likeness (QED) is 0.766. The van der Waals surface area contributed by atoms with Crippen LogP contribution in [0.2, 0.25) is 0 Å². The van der Waals surface area contributed by atoms with E-state index in [1.54, 1.807) is 11.1 Å². The maximum absolute atomic E-state index is 13.0. The van der Waals surface area contributed by atoms with Crippen molar-refractivity contribution in [2.24, 2.45) is 0 Å². The largest absolute Gasteiger partial charge is 0.488 e. The van der Waals surface area contributed by atoms with Crippen molar-refractivity contribution in [1.82, 2.24) is 14.8 Å². The Hall–Kier alpha value is -3.09. The number of likely N-dealkylation sites (tertiary alicyclic amines) is 1. The van der Waals surface area contributed by atoms with E-state index in [1.807, 2.05) is 30.1 Å². The number of carbonyl (C=O) groups is 2. The van der Waals surface area contributed by atoms with Gasteiger partial charge in [0.2, 0.25) is 0 Å². The van der Waals surface area contributed by atoms with Crippen LogP contribution in [0.15, 0.2) is 30.5 Å². The summed E-state index contributed by atoms with van der Waals surface area (Å²) in [5.41, 5.74) is 3.35. The predicted molar refractivity (Wildman–Crippen MR) is 113 cm³/mol. The second-order valence-corrected chi connectivity index (χ2v) is 8.39. The molecule has 7 nitrogen and oxygen atoms in total. The van der Waals surface area contributed by atoms with Crippen LogP contribution in [0.5, 0.6) is 5.75 Å². The zero-order valence-corrected chi connectivity index (χ0v) is 17.4. The summed E-state index contributed by atoms with van der Waals surface area (Å²) >= 11 is 0. The van der Waals surface area contributed by atoms with E-state index in [0.29, 0.717) is 36.8 Å². The van der Waals surface area contributed by atoms with Crippen LogP contribution in [0.4, 0.5) is 11.5 Å². The molecule has 1 atom stereocenters. The maximum atomic E-state index is 13.0. The number of amides is 2. The Morgan fingerprint density at radius 2 is 2.07 bits per heavy atom. The fraction of sp³-hybridized carbons (Fsp3) is 0.435. The van der Waals surface area contributed by atoms with Gasteiger partial charge in [0.25, 0.3) is 11.8 Å². The first kappa shape index (κ1) is 18.9. The lowest BCUT2D eigenvalue weighted by molar-refractivity contribution is 0.0634. The van der Waals surface area contributed by atoms with Crippen LogP contribution in [0.3, 0.4) is 0 Å². The number of piperidine rings is 1. The van der Waals surface area contributed by atoms with Crippen LogP contribution in [-0.4, -0.2) is 59.4 Å². The van der Waals surface area contributed by atoms with Crippen molar-refractivity contribution in [3.63, 3.8) is 0 Å². The van der Waals surface area contributed by atoms with Gasteiger partial charge in [-0.1, -0.05) is 0 Å². The third-order valence-corrected chi connectivity index (χ3v) is 6.36. The van der Waals surface area contributed by atoms with Crippen LogP contribution < -0.4 is 9.64 Å². The molecule has 0 saturated carbocycles. The van der Waals surface area contributed by atoms with Gasteiger partial charge >= 0.3 is 0 Å². The van der Waals surface area contributed by atoms with Crippen LogP contribution >= 0.6 is 0 Å². The summed E-state index contributed by atoms with van der Waals surface area (Å²) in [6, 6.07) is 7.99. The fourth-order valence-corrected chi connectivity index (χ4v) is 4.65. The highest BCUT2D eigenvalue weighted by Gasteiger charge is 2.29. The number of anilines is 2. The third kappa shape index (κ3) is 3.09. The summed E-state index contributed by atoms with van der Waals surface area (Å²) in [4.78, 5) is 35.6. The van der Waals surface area contributed by atoms with Crippen molar-refractivity contribution < 1.29 is 14.3 Å². The van der Waals surface area contributed by atoms with E-state index in [-0.39, 0.29) is 17.9 Å². The summed E-state index contributed by atoms with van der Waals surface area (Å²) in [6.07, 6.45) is 4.93. The molecular formula is C23H26N4O3. The molecule has 4 heterocycles. The van der Waals surface area contributed by atoms with E-state index < -0.39 is 0 Å². The van der Waals surface area contributed by atoms with E-state index in [4.69, 9.17) is 4.74 Å². The molecule has 156 valence electrons. The minimum Gasteiger partial charge on any atom is -0.488 e. The Labute approximate surface area is 176 Å². The summed E-state index contributed by atoms with van der Waals surface area (Å²) in [6.45, 7) is 4.71. The first-order chi connectivity index (χ1) is 14.5. The van der Waals surface area contributed by atoms with Gasteiger partial charge < -0.3 is 19.4 Å². The van der Waals surface area contributed by atoms with Gasteiger partial charge in [-0.15, -0.1) is 0 Å². The average Bonchev–Trinajstić information content (AvgIpc) is 3.05. The van der Waals surface area contributed by atoms with E-state index in [2.05, 4.69) is 22.9 Å². The van der Waals surface area contributed by atoms with Gasteiger partial charge in [-0.3, -0.25) is 9.59 Å². The van der Waals surface area contributed by atoms with Crippen molar-refractivity contribution in [1.29, 1.82) is 0 Å². The molecule has 30 heavy (non-hydrogen) atoms. The Morgan fingerprint density at radius 3 is 2.90 bits per heavy atom. The molecule has 2 aromatic rings. The lowest BCUT2D eigenvalue weighted by Crippen LogP contribution is -2.42. The minimum atomic E-state index is 0.0253. The van der Waals surface area contributed by atoms with Gasteiger partial charge in [-0.25, -0.2) is 4.98 Å². The van der Waals surface area contributed by atoms with Crippen molar-refractivity contribution >= 4 is 23.3 Å². The smallest absolute Gasteiger partial charge is 0.255 e. The molecule has 3 aliphatic heterocycles. The molecule has 1 aromatic carbocycles. The second kappa shape index (κ2) is 7.31. The number of fused-ring (bicyclic) bond motifs is 2. The highest BCUT2D eigenvalue weighted by atomic mass is 16.5. The lowest BCUT2D eigenvalue weighted by atomic mass is 10.0. The molecule has 0 radical (unpaired) electrons. The molecule has 0 unspecified atom stereocenters. The molecular weight excluding hydrogens is 380 g/mol. The first-order valence-corrected chi connectivity index (χ1v) is 10.6. The standard InChI is InChI=1S/C23H26N4O3/c1-15-5-3-4-8-26(15)22(28)16-12-20-21(24-13-16)27(9-10-30-20)18-6-7-19-17(11-18)14-25(2)23(19)29/h6-7,11-13,15H,3-5,8-10,14H2,1-2H3/t15-/m0/s1. The molecule has 0 bridgehead atoms. The van der Waals surface area contributed by atoms with Crippen LogP contribution in [0.25, 0.3) is 0 Å². The normalized spacial score (nSPS) is 20.7. The van der Waals surface area contributed by atoms with E-state index in [0.717, 1.165) is 36.2 Å². The second-order valence-electron chi connectivity index (χ2n) is 8.39. The number of benzene rings is 1. The Bertz CT molecular complexity index is 1020. The summed E-state index contributed by atoms with van der Waals surface area (Å²) in [7, 11) is 1.81. The van der Waals surface area contributed by atoms with Gasteiger partial charge in [0.05, 0.1) is 12.1 Å². The molecule has 1 aromatic heterocycles. The monoisotopic (exact) mass is 406 g/mol. The van der Waals surface area contributed by atoms with Gasteiger partial charge in [0, 0.05) is 43.6 Å². The third-order valence-electron chi connectivity index (χ3n) is 6.36. The fourth-order valence-electron chi connectivity index (χ4n) is 4.65. The summed E-state index contributed by atoms with van der Waals surface area (Å²) < 4.78 is 5.87. The van der Waals surface area contributed by atoms with Crippen molar-refractivity contribution in [2.45, 2.75) is 38.8 Å². The van der Waals surface area contributed by atoms with Crippen molar-refractivity contribution in [3.05, 3.63) is 47.2 Å². The van der Waals surface area contributed by atoms with Gasteiger partial charge in [0.1, 0.15) is 6.61 Å². The van der Waals surface area contributed by atoms with Crippen molar-refractivity contribution in [3.8, 4) is 5.75 Å². The number of hydrogen-bond donors (Lipinski definition) is 0. The minimum absolute atomic E-state index is 0.0253. The van der Waals surface area contributed by atoms with Gasteiger partial charge in [-0.05, 0) is 56.0 Å². The van der Waals surface area contributed by atoms with E-state index in [9.17, 15) is 9.59 Å². The zero-order chi connectivity index (χ0) is 20.8. The van der Waals surface area contributed by atoms with Gasteiger partial charge in [0.15, 0.2) is 11.6 Å². The predicted octanol–water partition coefficient (Wildman–Crippen LogP) is 3.21. The lowest BCUT2D eigenvalue weighted by Gasteiger charge is -2.34. The number of ether oxygens (including phenoxy) is 1. The summed E-state index contributed by atoms with van der Waals surface area (Å²) in [5.74, 6) is 1.43. The molecule has 1 saturated heterocycles. The number of carbonyl (C=O) groups excluding carboxylic acids is 2. The molecule has 3 aliphatic rings. The van der Waals surface area contributed by atoms with E-state index in [1.165, 1.54) is 6.42 Å².